The average Bonchev–Trinajstić information content (AvgIpc) is 2.87. The van der Waals surface area contributed by atoms with Gasteiger partial charge in [-0.15, -0.1) is 0 Å². The monoisotopic (exact) mass is 462 g/mol. The third-order valence-corrected chi connectivity index (χ3v) is 6.41. The van der Waals surface area contributed by atoms with Gasteiger partial charge in [-0.3, -0.25) is 9.59 Å². The van der Waals surface area contributed by atoms with Crippen molar-refractivity contribution in [2.24, 2.45) is 0 Å². The Hall–Kier alpha value is -3.15. The van der Waals surface area contributed by atoms with Crippen molar-refractivity contribution in [3.05, 3.63) is 95.0 Å². The van der Waals surface area contributed by atoms with E-state index in [-0.39, 0.29) is 23.8 Å². The second kappa shape index (κ2) is 10.6. The first-order valence-electron chi connectivity index (χ1n) is 11.1. The molecule has 33 heavy (non-hydrogen) atoms. The van der Waals surface area contributed by atoms with Gasteiger partial charge >= 0.3 is 0 Å². The zero-order chi connectivity index (χ0) is 23.1. The van der Waals surface area contributed by atoms with Crippen molar-refractivity contribution < 1.29 is 14.3 Å². The van der Waals surface area contributed by atoms with Crippen LogP contribution < -0.4 is 10.6 Å². The molecule has 3 aromatic rings. The third kappa shape index (κ3) is 5.81. The smallest absolute Gasteiger partial charge is 0.251 e. The van der Waals surface area contributed by atoms with E-state index >= 15 is 0 Å². The van der Waals surface area contributed by atoms with E-state index in [1.165, 1.54) is 0 Å². The maximum Gasteiger partial charge on any atom is 0.251 e. The maximum atomic E-state index is 12.5. The van der Waals surface area contributed by atoms with Crippen LogP contribution in [0.25, 0.3) is 11.1 Å². The first-order chi connectivity index (χ1) is 16.1. The number of hydrogen-bond donors (Lipinski definition) is 2. The number of nitrogens with one attached hydrogen (secondary N) is 2. The molecule has 0 radical (unpaired) electrons. The van der Waals surface area contributed by atoms with Crippen molar-refractivity contribution in [2.45, 2.75) is 18.3 Å². The summed E-state index contributed by atoms with van der Waals surface area (Å²) in [5.41, 5.74) is 3.51. The second-order valence-corrected chi connectivity index (χ2v) is 8.74. The van der Waals surface area contributed by atoms with E-state index in [1.54, 1.807) is 12.1 Å². The topological polar surface area (TPSA) is 67.4 Å². The third-order valence-electron chi connectivity index (χ3n) is 6.17. The Balaban J connectivity index is 1.32. The number of benzene rings is 3. The van der Waals surface area contributed by atoms with Gasteiger partial charge in [-0.05, 0) is 53.8 Å². The van der Waals surface area contributed by atoms with Gasteiger partial charge in [0.1, 0.15) is 0 Å². The second-order valence-electron chi connectivity index (χ2n) is 8.31. The number of amides is 2. The normalized spacial score (nSPS) is 14.9. The van der Waals surface area contributed by atoms with E-state index in [1.807, 2.05) is 66.7 Å². The molecule has 0 unspecified atom stereocenters. The standard InChI is InChI=1S/C27H27ClN2O3/c28-24-8-4-7-23(17-24)27(13-15-33-16-14-27)19-30-25(31)18-29-26(32)22-11-9-21(10-12-22)20-5-2-1-3-6-20/h1-12,17H,13-16,18-19H2,(H,29,32)(H,30,31). The Labute approximate surface area is 199 Å². The SMILES string of the molecule is O=C(CNC(=O)c1ccc(-c2ccccc2)cc1)NCC1(c2cccc(Cl)c2)CCOCC1. The molecule has 0 spiro atoms. The highest BCUT2D eigenvalue weighted by Crippen LogP contribution is 2.35. The largest absolute Gasteiger partial charge is 0.381 e. The van der Waals surface area contributed by atoms with Crippen molar-refractivity contribution in [3.63, 3.8) is 0 Å². The van der Waals surface area contributed by atoms with Crippen LogP contribution >= 0.6 is 11.6 Å². The molecule has 2 amide bonds. The molecule has 1 saturated heterocycles. The molecule has 1 fully saturated rings. The van der Waals surface area contributed by atoms with Gasteiger partial charge in [0.2, 0.25) is 5.91 Å². The highest BCUT2D eigenvalue weighted by molar-refractivity contribution is 6.30. The summed E-state index contributed by atoms with van der Waals surface area (Å²) in [4.78, 5) is 25.0. The fraction of sp³-hybridized carbons (Fsp3) is 0.259. The van der Waals surface area contributed by atoms with E-state index in [0.29, 0.717) is 30.3 Å². The summed E-state index contributed by atoms with van der Waals surface area (Å²) in [7, 11) is 0. The minimum absolute atomic E-state index is 0.0819. The number of ether oxygens (including phenoxy) is 1. The molecule has 0 aromatic heterocycles. The fourth-order valence-electron chi connectivity index (χ4n) is 4.19. The number of carbonyl (C=O) groups is 2. The first-order valence-corrected chi connectivity index (χ1v) is 11.5. The van der Waals surface area contributed by atoms with Crippen molar-refractivity contribution in [1.29, 1.82) is 0 Å². The van der Waals surface area contributed by atoms with Crippen LogP contribution in [0.5, 0.6) is 0 Å². The van der Waals surface area contributed by atoms with Crippen LogP contribution in [-0.4, -0.2) is 38.1 Å². The Morgan fingerprint density at radius 1 is 0.848 bits per heavy atom. The van der Waals surface area contributed by atoms with Crippen LogP contribution in [0.4, 0.5) is 0 Å². The lowest BCUT2D eigenvalue weighted by atomic mass is 9.74. The van der Waals surface area contributed by atoms with E-state index in [2.05, 4.69) is 10.6 Å². The van der Waals surface area contributed by atoms with Crippen LogP contribution in [-0.2, 0) is 14.9 Å². The summed E-state index contributed by atoms with van der Waals surface area (Å²) in [6.45, 7) is 1.66. The van der Waals surface area contributed by atoms with Crippen molar-refractivity contribution in [3.8, 4) is 11.1 Å². The van der Waals surface area contributed by atoms with Crippen LogP contribution in [0.15, 0.2) is 78.9 Å². The van der Waals surface area contributed by atoms with Gasteiger partial charge in [0.15, 0.2) is 0 Å². The predicted octanol–water partition coefficient (Wildman–Crippen LogP) is 4.60. The highest BCUT2D eigenvalue weighted by atomic mass is 35.5. The summed E-state index contributed by atoms with van der Waals surface area (Å²) in [5, 5.41) is 6.38. The first kappa shape index (κ1) is 23.0. The van der Waals surface area contributed by atoms with Crippen molar-refractivity contribution >= 4 is 23.4 Å². The Bertz CT molecular complexity index is 1090. The number of hydrogen-bond acceptors (Lipinski definition) is 3. The summed E-state index contributed by atoms with van der Waals surface area (Å²) in [6.07, 6.45) is 1.60. The zero-order valence-corrected chi connectivity index (χ0v) is 19.1. The van der Waals surface area contributed by atoms with Gasteiger partial charge < -0.3 is 15.4 Å². The maximum absolute atomic E-state index is 12.5. The molecule has 5 nitrogen and oxygen atoms in total. The lowest BCUT2D eigenvalue weighted by Crippen LogP contribution is -2.47. The quantitative estimate of drug-likeness (QED) is 0.539. The van der Waals surface area contributed by atoms with Gasteiger partial charge in [0.05, 0.1) is 6.54 Å². The lowest BCUT2D eigenvalue weighted by molar-refractivity contribution is -0.120. The van der Waals surface area contributed by atoms with E-state index in [9.17, 15) is 9.59 Å². The summed E-state index contributed by atoms with van der Waals surface area (Å²) >= 11 is 6.21. The van der Waals surface area contributed by atoms with Gasteiger partial charge in [0, 0.05) is 35.8 Å². The highest BCUT2D eigenvalue weighted by Gasteiger charge is 2.35. The van der Waals surface area contributed by atoms with Crippen LogP contribution in [0.1, 0.15) is 28.8 Å². The van der Waals surface area contributed by atoms with Gasteiger partial charge in [-0.1, -0.05) is 66.2 Å². The number of rotatable bonds is 7. The zero-order valence-electron chi connectivity index (χ0n) is 18.4. The molecule has 0 atom stereocenters. The minimum atomic E-state index is -0.277. The fourth-order valence-corrected chi connectivity index (χ4v) is 4.38. The molecule has 0 aliphatic carbocycles. The van der Waals surface area contributed by atoms with Crippen LogP contribution in [0.2, 0.25) is 5.02 Å². The Morgan fingerprint density at radius 3 is 2.24 bits per heavy atom. The molecule has 1 aliphatic rings. The molecule has 4 rings (SSSR count). The van der Waals surface area contributed by atoms with Gasteiger partial charge in [-0.25, -0.2) is 0 Å². The van der Waals surface area contributed by atoms with Crippen LogP contribution in [0.3, 0.4) is 0 Å². The predicted molar refractivity (Wildman–Crippen MR) is 130 cm³/mol. The Kier molecular flexibility index (Phi) is 7.43. The van der Waals surface area contributed by atoms with E-state index in [4.69, 9.17) is 16.3 Å². The molecule has 3 aromatic carbocycles. The molecular weight excluding hydrogens is 436 g/mol. The molecule has 1 aliphatic heterocycles. The molecule has 0 bridgehead atoms. The lowest BCUT2D eigenvalue weighted by Gasteiger charge is -2.38. The molecular formula is C27H27ClN2O3. The molecule has 2 N–H and O–H groups in total. The van der Waals surface area contributed by atoms with E-state index in [0.717, 1.165) is 29.5 Å². The van der Waals surface area contributed by atoms with Gasteiger partial charge in [-0.2, -0.15) is 0 Å². The molecule has 1 heterocycles. The van der Waals surface area contributed by atoms with Gasteiger partial charge in [0.25, 0.3) is 5.91 Å². The van der Waals surface area contributed by atoms with Crippen LogP contribution in [0, 0.1) is 0 Å². The number of carbonyl (C=O) groups excluding carboxylic acids is 2. The summed E-state index contributed by atoms with van der Waals surface area (Å²) in [5.74, 6) is -0.502. The Morgan fingerprint density at radius 2 is 1.55 bits per heavy atom. The molecule has 170 valence electrons. The summed E-state index contributed by atoms with van der Waals surface area (Å²) in [6, 6.07) is 25.1. The van der Waals surface area contributed by atoms with Crippen molar-refractivity contribution in [2.75, 3.05) is 26.3 Å². The average molecular weight is 463 g/mol. The van der Waals surface area contributed by atoms with E-state index < -0.39 is 0 Å². The minimum Gasteiger partial charge on any atom is -0.381 e. The number of halogens is 1. The molecule has 6 heteroatoms. The van der Waals surface area contributed by atoms with Crippen molar-refractivity contribution in [1.82, 2.24) is 10.6 Å². The summed E-state index contributed by atoms with van der Waals surface area (Å²) < 4.78 is 5.55. The molecule has 0 saturated carbocycles.